The number of anilines is 2. The average Bonchev–Trinajstić information content (AvgIpc) is 3.06. The van der Waals surface area contributed by atoms with E-state index in [1.165, 1.54) is 11.0 Å². The van der Waals surface area contributed by atoms with Gasteiger partial charge in [0.2, 0.25) is 11.8 Å². The average molecular weight is 404 g/mol. The van der Waals surface area contributed by atoms with E-state index in [-0.39, 0.29) is 18.7 Å². The van der Waals surface area contributed by atoms with Crippen LogP contribution in [0.15, 0.2) is 36.4 Å². The van der Waals surface area contributed by atoms with Crippen LogP contribution in [-0.2, 0) is 9.59 Å². The standard InChI is InChI=1S/C21H22F2N2O4/c1-3-28-15-6-8-19(29-4-2)17(11-15)24-21(27)13-9-20(26)25(12-13)18-7-5-14(22)10-16(18)23/h5-8,10-11,13H,3-4,9,12H2,1-2H3,(H,24,27). The molecule has 0 bridgehead atoms. The highest BCUT2D eigenvalue weighted by Gasteiger charge is 2.36. The van der Waals surface area contributed by atoms with E-state index in [1.54, 1.807) is 18.2 Å². The van der Waals surface area contributed by atoms with E-state index >= 15 is 0 Å². The SMILES string of the molecule is CCOc1ccc(OCC)c(NC(=O)C2CC(=O)N(c3ccc(F)cc3F)C2)c1. The van der Waals surface area contributed by atoms with Gasteiger partial charge in [-0.25, -0.2) is 8.78 Å². The van der Waals surface area contributed by atoms with Crippen molar-refractivity contribution >= 4 is 23.2 Å². The maximum absolute atomic E-state index is 14.0. The molecule has 8 heteroatoms. The molecule has 2 amide bonds. The third-order valence-electron chi connectivity index (χ3n) is 4.52. The van der Waals surface area contributed by atoms with Crippen LogP contribution in [0, 0.1) is 17.6 Å². The fraction of sp³-hybridized carbons (Fsp3) is 0.333. The molecule has 1 fully saturated rings. The molecule has 2 aromatic carbocycles. The van der Waals surface area contributed by atoms with Crippen LogP contribution in [0.5, 0.6) is 11.5 Å². The van der Waals surface area contributed by atoms with Crippen LogP contribution in [0.1, 0.15) is 20.3 Å². The van der Waals surface area contributed by atoms with Crippen LogP contribution < -0.4 is 19.7 Å². The molecule has 3 rings (SSSR count). The maximum Gasteiger partial charge on any atom is 0.229 e. The normalized spacial score (nSPS) is 16.1. The van der Waals surface area contributed by atoms with Gasteiger partial charge in [0.1, 0.15) is 23.1 Å². The first-order valence-electron chi connectivity index (χ1n) is 9.38. The fourth-order valence-corrected chi connectivity index (χ4v) is 3.20. The van der Waals surface area contributed by atoms with Gasteiger partial charge in [0.15, 0.2) is 0 Å². The monoisotopic (exact) mass is 404 g/mol. The molecule has 1 aliphatic heterocycles. The van der Waals surface area contributed by atoms with Gasteiger partial charge in [0, 0.05) is 25.1 Å². The number of ether oxygens (including phenoxy) is 2. The van der Waals surface area contributed by atoms with Gasteiger partial charge in [0.25, 0.3) is 0 Å². The van der Waals surface area contributed by atoms with E-state index in [1.807, 2.05) is 13.8 Å². The zero-order valence-electron chi connectivity index (χ0n) is 16.2. The number of halogens is 2. The summed E-state index contributed by atoms with van der Waals surface area (Å²) in [5, 5.41) is 2.78. The Bertz CT molecular complexity index is 920. The highest BCUT2D eigenvalue weighted by molar-refractivity contribution is 6.04. The van der Waals surface area contributed by atoms with Crippen LogP contribution in [0.2, 0.25) is 0 Å². The highest BCUT2D eigenvalue weighted by Crippen LogP contribution is 2.32. The summed E-state index contributed by atoms with van der Waals surface area (Å²) < 4.78 is 38.2. The van der Waals surface area contributed by atoms with Crippen molar-refractivity contribution in [2.45, 2.75) is 20.3 Å². The van der Waals surface area contributed by atoms with Crippen LogP contribution in [0.25, 0.3) is 0 Å². The third kappa shape index (κ3) is 4.64. The summed E-state index contributed by atoms with van der Waals surface area (Å²) in [7, 11) is 0. The lowest BCUT2D eigenvalue weighted by Gasteiger charge is -2.18. The van der Waals surface area contributed by atoms with E-state index in [4.69, 9.17) is 9.47 Å². The van der Waals surface area contributed by atoms with Gasteiger partial charge in [-0.1, -0.05) is 0 Å². The molecule has 1 atom stereocenters. The lowest BCUT2D eigenvalue weighted by Crippen LogP contribution is -2.28. The first-order chi connectivity index (χ1) is 13.9. The molecule has 1 saturated heterocycles. The number of carbonyl (C=O) groups excluding carboxylic acids is 2. The van der Waals surface area contributed by atoms with Crippen molar-refractivity contribution < 1.29 is 27.8 Å². The molecule has 154 valence electrons. The zero-order valence-corrected chi connectivity index (χ0v) is 16.2. The van der Waals surface area contributed by atoms with E-state index < -0.39 is 29.4 Å². The molecule has 0 aromatic heterocycles. The van der Waals surface area contributed by atoms with Crippen molar-refractivity contribution in [3.05, 3.63) is 48.0 Å². The second kappa shape index (κ2) is 8.89. The summed E-state index contributed by atoms with van der Waals surface area (Å²) in [6.45, 7) is 4.56. The van der Waals surface area contributed by atoms with Crippen molar-refractivity contribution in [1.29, 1.82) is 0 Å². The van der Waals surface area contributed by atoms with Crippen LogP contribution in [0.3, 0.4) is 0 Å². The molecule has 29 heavy (non-hydrogen) atoms. The minimum atomic E-state index is -0.845. The number of hydrogen-bond acceptors (Lipinski definition) is 4. The van der Waals surface area contributed by atoms with Gasteiger partial charge < -0.3 is 19.7 Å². The maximum atomic E-state index is 14.0. The largest absolute Gasteiger partial charge is 0.494 e. The van der Waals surface area contributed by atoms with Crippen molar-refractivity contribution in [1.82, 2.24) is 0 Å². The predicted octanol–water partition coefficient (Wildman–Crippen LogP) is 3.75. The van der Waals surface area contributed by atoms with Crippen LogP contribution >= 0.6 is 0 Å². The van der Waals surface area contributed by atoms with Crippen molar-refractivity contribution in [2.75, 3.05) is 30.0 Å². The number of rotatable bonds is 7. The summed E-state index contributed by atoms with van der Waals surface area (Å²) in [5.74, 6) is -2.00. The quantitative estimate of drug-likeness (QED) is 0.763. The predicted molar refractivity (Wildman–Crippen MR) is 104 cm³/mol. The first kappa shape index (κ1) is 20.6. The Kier molecular flexibility index (Phi) is 6.31. The van der Waals surface area contributed by atoms with Gasteiger partial charge in [0.05, 0.1) is 30.5 Å². The Morgan fingerprint density at radius 2 is 1.90 bits per heavy atom. The van der Waals surface area contributed by atoms with Gasteiger partial charge in [-0.15, -0.1) is 0 Å². The lowest BCUT2D eigenvalue weighted by atomic mass is 10.1. The Morgan fingerprint density at radius 3 is 2.59 bits per heavy atom. The molecule has 0 aliphatic carbocycles. The molecule has 1 unspecified atom stereocenters. The van der Waals surface area contributed by atoms with Crippen molar-refractivity contribution in [3.8, 4) is 11.5 Å². The summed E-state index contributed by atoms with van der Waals surface area (Å²) in [6, 6.07) is 8.07. The molecular formula is C21H22F2N2O4. The van der Waals surface area contributed by atoms with Gasteiger partial charge in [-0.2, -0.15) is 0 Å². The summed E-state index contributed by atoms with van der Waals surface area (Å²) >= 11 is 0. The Labute approximate surface area is 167 Å². The summed E-state index contributed by atoms with van der Waals surface area (Å²) in [4.78, 5) is 26.3. The van der Waals surface area contributed by atoms with E-state index in [9.17, 15) is 18.4 Å². The molecule has 1 heterocycles. The second-order valence-electron chi connectivity index (χ2n) is 6.51. The molecular weight excluding hydrogens is 382 g/mol. The summed E-state index contributed by atoms with van der Waals surface area (Å²) in [6.07, 6.45) is -0.0717. The number of amides is 2. The van der Waals surface area contributed by atoms with Crippen LogP contribution in [-0.4, -0.2) is 31.6 Å². The van der Waals surface area contributed by atoms with Gasteiger partial charge in [-0.3, -0.25) is 9.59 Å². The lowest BCUT2D eigenvalue weighted by molar-refractivity contribution is -0.122. The molecule has 1 N–H and O–H groups in total. The number of carbonyl (C=O) groups is 2. The number of nitrogens with one attached hydrogen (secondary N) is 1. The topological polar surface area (TPSA) is 67.9 Å². The fourth-order valence-electron chi connectivity index (χ4n) is 3.20. The van der Waals surface area contributed by atoms with E-state index in [0.29, 0.717) is 36.5 Å². The number of nitrogens with zero attached hydrogens (tertiary/aromatic N) is 1. The zero-order chi connectivity index (χ0) is 21.0. The van der Waals surface area contributed by atoms with E-state index in [0.717, 1.165) is 6.07 Å². The number of benzene rings is 2. The van der Waals surface area contributed by atoms with Crippen molar-refractivity contribution in [3.63, 3.8) is 0 Å². The molecule has 1 aliphatic rings. The summed E-state index contributed by atoms with van der Waals surface area (Å²) in [5.41, 5.74) is 0.390. The van der Waals surface area contributed by atoms with Gasteiger partial charge in [-0.05, 0) is 38.1 Å². The first-order valence-corrected chi connectivity index (χ1v) is 9.38. The highest BCUT2D eigenvalue weighted by atomic mass is 19.1. The molecule has 6 nitrogen and oxygen atoms in total. The van der Waals surface area contributed by atoms with E-state index in [2.05, 4.69) is 5.32 Å². The Morgan fingerprint density at radius 1 is 1.14 bits per heavy atom. The van der Waals surface area contributed by atoms with Crippen LogP contribution in [0.4, 0.5) is 20.2 Å². The third-order valence-corrected chi connectivity index (χ3v) is 4.52. The second-order valence-corrected chi connectivity index (χ2v) is 6.51. The van der Waals surface area contributed by atoms with Gasteiger partial charge >= 0.3 is 0 Å². The molecule has 0 saturated carbocycles. The Balaban J connectivity index is 1.76. The van der Waals surface area contributed by atoms with Crippen molar-refractivity contribution in [2.24, 2.45) is 5.92 Å². The minimum absolute atomic E-state index is 0.00232. The Hall–Kier alpha value is -3.16. The molecule has 2 aromatic rings. The number of hydrogen-bond donors (Lipinski definition) is 1. The minimum Gasteiger partial charge on any atom is -0.494 e. The smallest absolute Gasteiger partial charge is 0.229 e. The molecule has 0 radical (unpaired) electrons. The molecule has 0 spiro atoms.